The number of ether oxygens (including phenoxy) is 4. The van der Waals surface area contributed by atoms with Crippen molar-refractivity contribution in [1.82, 2.24) is 45.7 Å². The molecule has 3 unspecified atom stereocenters. The van der Waals surface area contributed by atoms with Crippen molar-refractivity contribution in [1.29, 1.82) is 0 Å². The lowest BCUT2D eigenvalue weighted by Gasteiger charge is -2.35. The van der Waals surface area contributed by atoms with Crippen LogP contribution in [0.4, 0.5) is 0 Å². The number of rotatable bonds is 23. The molecule has 0 radical (unpaired) electrons. The van der Waals surface area contributed by atoms with Crippen molar-refractivity contribution in [3.63, 3.8) is 0 Å². The van der Waals surface area contributed by atoms with Gasteiger partial charge in [0.1, 0.15) is 25.5 Å². The number of Topliss-reactive ketones (excluding diaryl/α,β-unsaturated/α-hetero) is 2. The van der Waals surface area contributed by atoms with Crippen LogP contribution in [0.15, 0.2) is 82.4 Å². The molecule has 5 atom stereocenters. The largest absolute Gasteiger partial charge is 0.481 e. The molecule has 105 heavy (non-hydrogen) atoms. The molecule has 2 aliphatic carbocycles. The number of carbonyl (C=O) groups is 10. The van der Waals surface area contributed by atoms with E-state index < -0.39 is 71.5 Å². The first-order valence-electron chi connectivity index (χ1n) is 33.4. The number of nitrogens with two attached hydrogens (primary N) is 2. The molecule has 8 heterocycles. The SMILES string of the molecule is C.C.C.C.C.C.CC[C@@]1(OC(=O)CN)C(=O)OCc2c1cc1n(c2=O)Cc2cc3ccccc3nc2-1.CC[C@@]1(OC(=O)CNC(=O)CCC(NC)C(=O)NC(CCC(=O)NC2CCC2)C(C)=O)C(=O)OCc2c1cc1n(c2=O)Cc2cc3ccccc3nc2-1.CNC(CCC(=O)O)C(C)=O.NC1CCC1. The fourth-order valence-corrected chi connectivity index (χ4v) is 12.6. The Morgan fingerprint density at radius 2 is 1.04 bits per heavy atom. The monoisotopic (exact) mass is 1460 g/mol. The molecule has 6 aliphatic rings. The number of nitrogens with one attached hydrogen (secondary N) is 5. The van der Waals surface area contributed by atoms with Crippen molar-refractivity contribution >= 4 is 80.9 Å². The summed E-state index contributed by atoms with van der Waals surface area (Å²) in [5.74, 6) is -5.61. The number of carboxylic acids is 1. The highest BCUT2D eigenvalue weighted by Crippen LogP contribution is 2.43. The molecule has 28 nitrogen and oxygen atoms in total. The molecule has 2 saturated carbocycles. The van der Waals surface area contributed by atoms with E-state index in [0.717, 1.165) is 52.2 Å². The van der Waals surface area contributed by atoms with Crippen molar-refractivity contribution in [2.45, 2.75) is 230 Å². The first kappa shape index (κ1) is 89.3. The second kappa shape index (κ2) is 39.3. The molecule has 4 aliphatic heterocycles. The van der Waals surface area contributed by atoms with Gasteiger partial charge in [0.2, 0.25) is 28.9 Å². The highest BCUT2D eigenvalue weighted by atomic mass is 16.6. The van der Waals surface area contributed by atoms with Crippen molar-refractivity contribution in [3.8, 4) is 22.8 Å². The average Bonchev–Trinajstić information content (AvgIpc) is 1.68. The Morgan fingerprint density at radius 3 is 1.44 bits per heavy atom. The lowest BCUT2D eigenvalue weighted by atomic mass is 9.85. The van der Waals surface area contributed by atoms with Crippen molar-refractivity contribution in [3.05, 3.63) is 127 Å². The number of amides is 3. The molecule has 2 fully saturated rings. The lowest BCUT2D eigenvalue weighted by molar-refractivity contribution is -0.189. The van der Waals surface area contributed by atoms with Crippen LogP contribution in [-0.4, -0.2) is 141 Å². The number of carbonyl (C=O) groups excluding carboxylic acids is 9. The van der Waals surface area contributed by atoms with Gasteiger partial charge in [-0.15, -0.1) is 0 Å². The van der Waals surface area contributed by atoms with Gasteiger partial charge in [-0.1, -0.05) is 101 Å². The molecule has 0 saturated heterocycles. The van der Waals surface area contributed by atoms with Gasteiger partial charge in [-0.05, 0) is 129 Å². The number of carboxylic acid groups (broad SMARTS) is 1. The van der Waals surface area contributed by atoms with Crippen LogP contribution in [0.1, 0.15) is 196 Å². The summed E-state index contributed by atoms with van der Waals surface area (Å²) in [5, 5.41) is 23.8. The third kappa shape index (κ3) is 19.9. The number of fused-ring (bicyclic) bond motifs is 10. The van der Waals surface area contributed by atoms with E-state index in [2.05, 4.69) is 26.6 Å². The number of nitrogens with zero attached hydrogens (tertiary/aromatic N) is 4. The van der Waals surface area contributed by atoms with Crippen LogP contribution in [-0.2, 0) is 104 Å². The normalized spacial score (nSPS) is 17.3. The van der Waals surface area contributed by atoms with E-state index in [0.29, 0.717) is 59.5 Å². The first-order chi connectivity index (χ1) is 47.4. The molecule has 4 aromatic heterocycles. The minimum absolute atomic E-state index is 0. The van der Waals surface area contributed by atoms with Crippen molar-refractivity contribution in [2.75, 3.05) is 27.2 Å². The summed E-state index contributed by atoms with van der Waals surface area (Å²) in [5.41, 5.74) is 13.3. The zero-order chi connectivity index (χ0) is 71.5. The zero-order valence-electron chi connectivity index (χ0n) is 56.4. The highest BCUT2D eigenvalue weighted by molar-refractivity contribution is 5.93. The fraction of sp³-hybridized carbons (Fsp3) is 0.506. The second-order valence-corrected chi connectivity index (χ2v) is 25.3. The van der Waals surface area contributed by atoms with Crippen LogP contribution in [0.25, 0.3) is 44.6 Å². The first-order valence-corrected chi connectivity index (χ1v) is 33.4. The summed E-state index contributed by atoms with van der Waals surface area (Å²) >= 11 is 0. The maximum Gasteiger partial charge on any atom is 0.355 e. The van der Waals surface area contributed by atoms with Crippen LogP contribution in [0.2, 0.25) is 0 Å². The minimum Gasteiger partial charge on any atom is -0.481 e. The lowest BCUT2D eigenvalue weighted by Crippen LogP contribution is -2.50. The van der Waals surface area contributed by atoms with Gasteiger partial charge >= 0.3 is 29.8 Å². The Hall–Kier alpha value is -9.90. The number of aromatic nitrogens is 4. The van der Waals surface area contributed by atoms with Crippen molar-refractivity contribution in [2.24, 2.45) is 11.5 Å². The molecule has 574 valence electrons. The third-order valence-corrected chi connectivity index (χ3v) is 18.8. The molecular formula is C77H109N11O17. The number of para-hydroxylation sites is 2. The zero-order valence-corrected chi connectivity index (χ0v) is 56.4. The number of esters is 4. The van der Waals surface area contributed by atoms with Gasteiger partial charge in [-0.2, -0.15) is 0 Å². The van der Waals surface area contributed by atoms with Gasteiger partial charge in [-0.25, -0.2) is 19.6 Å². The van der Waals surface area contributed by atoms with Gasteiger partial charge in [-0.3, -0.25) is 47.9 Å². The van der Waals surface area contributed by atoms with Crippen LogP contribution >= 0.6 is 0 Å². The number of benzene rings is 2. The van der Waals surface area contributed by atoms with E-state index in [1.807, 2.05) is 60.7 Å². The summed E-state index contributed by atoms with van der Waals surface area (Å²) in [6, 6.07) is 21.4. The van der Waals surface area contributed by atoms with Crippen LogP contribution in [0.3, 0.4) is 0 Å². The minimum atomic E-state index is -1.93. The van der Waals surface area contributed by atoms with Gasteiger partial charge in [0.25, 0.3) is 11.1 Å². The van der Waals surface area contributed by atoms with Crippen molar-refractivity contribution < 1.29 is 72.0 Å². The number of likely N-dealkylation sites (N-methyl/N-ethyl adjacent to an activating group) is 2. The Labute approximate surface area is 614 Å². The quantitative estimate of drug-likeness (QED) is 0.0226. The topological polar surface area (TPSA) is 410 Å². The Bertz CT molecular complexity index is 4280. The summed E-state index contributed by atoms with van der Waals surface area (Å²) < 4.78 is 25.1. The van der Waals surface area contributed by atoms with Gasteiger partial charge < -0.3 is 71.2 Å². The number of cyclic esters (lactones) is 2. The molecule has 6 aromatic rings. The summed E-state index contributed by atoms with van der Waals surface area (Å²) in [6.07, 6.45) is 7.44. The molecule has 12 rings (SSSR count). The van der Waals surface area contributed by atoms with Gasteiger partial charge in [0, 0.05) is 64.4 Å². The number of aliphatic carboxylic acids is 1. The Kier molecular flexibility index (Phi) is 33.4. The molecule has 2 aromatic carbocycles. The number of ketones is 2. The molecule has 10 N–H and O–H groups in total. The molecule has 28 heteroatoms. The van der Waals surface area contributed by atoms with Gasteiger partial charge in [0.05, 0.1) is 82.7 Å². The van der Waals surface area contributed by atoms with E-state index in [-0.39, 0.29) is 161 Å². The van der Waals surface area contributed by atoms with Gasteiger partial charge in [0.15, 0.2) is 5.78 Å². The highest BCUT2D eigenvalue weighted by Gasteiger charge is 2.52. The maximum atomic E-state index is 13.8. The predicted molar refractivity (Wildman–Crippen MR) is 401 cm³/mol. The standard InChI is InChI=1S/C38H44N6O9.C22H19N3O5.C7H13NO3.C4H9N.6CH4/c1-4-38(26-17-30-34-23(16-22-8-5-6-11-28(22)42-34)19-44(30)36(50)25(26)20-52-37(38)51)53-33(48)18-40-31(46)14-13-29(39-3)35(49)43-27(21(2)45)12-15-32(47)41-24-9-7-10-24;1-2-22(30-18(26)9-23)15-8-17-19-13(7-12-5-3-4-6-16(12)24-19)10-25(17)20(27)14(15)11-29-21(22)28;1-5(9)6(8-2)3-4-7(10)11;5-4-2-1-3-4;;;;;;/h5-6,8,11,16-17,24,27,29,39H,4,7,9-10,12-15,18-20H2,1-3H3,(H,40,46)(H,41,47)(H,43,49);3-8H,2,9-11,23H2,1H3;6,8H,3-4H2,1-2H3,(H,10,11);4H,1-3,5H2;6*1H4/t27?,29?,38-;22-;;;;;;;;/m00......../s1. The van der Waals surface area contributed by atoms with Crippen LogP contribution in [0.5, 0.6) is 0 Å². The summed E-state index contributed by atoms with van der Waals surface area (Å²) in [6.45, 7) is 5.38. The average molecular weight is 1460 g/mol. The Balaban J connectivity index is 0.000000461. The van der Waals surface area contributed by atoms with Crippen LogP contribution in [0, 0.1) is 0 Å². The predicted octanol–water partition coefficient (Wildman–Crippen LogP) is 7.57. The smallest absolute Gasteiger partial charge is 0.355 e. The summed E-state index contributed by atoms with van der Waals surface area (Å²) in [4.78, 5) is 159. The van der Waals surface area contributed by atoms with Crippen LogP contribution < -0.4 is 49.2 Å². The Morgan fingerprint density at radius 1 is 0.610 bits per heavy atom. The van der Waals surface area contributed by atoms with E-state index in [9.17, 15) is 57.5 Å². The van der Waals surface area contributed by atoms with E-state index in [4.69, 9.17) is 45.5 Å². The van der Waals surface area contributed by atoms with E-state index in [1.54, 1.807) is 42.2 Å². The molecular weight excluding hydrogens is 1350 g/mol. The number of hydrogen-bond donors (Lipinski definition) is 8. The summed E-state index contributed by atoms with van der Waals surface area (Å²) in [7, 11) is 3.19. The van der Waals surface area contributed by atoms with E-state index >= 15 is 0 Å². The molecule has 0 spiro atoms. The second-order valence-electron chi connectivity index (χ2n) is 25.3. The molecule has 3 amide bonds. The maximum absolute atomic E-state index is 13.8. The fourth-order valence-electron chi connectivity index (χ4n) is 12.6. The third-order valence-electron chi connectivity index (χ3n) is 18.8. The number of pyridine rings is 4. The molecule has 0 bridgehead atoms. The number of hydrogen-bond acceptors (Lipinski definition) is 22. The van der Waals surface area contributed by atoms with E-state index in [1.165, 1.54) is 40.2 Å².